The van der Waals surface area contributed by atoms with Gasteiger partial charge in [0, 0.05) is 5.56 Å². The molecule has 0 aliphatic rings. The van der Waals surface area contributed by atoms with Crippen LogP contribution in [-0.2, 0) is 28.9 Å². The summed E-state index contributed by atoms with van der Waals surface area (Å²) in [5.41, 5.74) is 0.963. The molecule has 1 N–H and O–H groups in total. The molecule has 3 aromatic rings. The molecule has 0 bridgehead atoms. The number of carboxylic acid groups (broad SMARTS) is 1. The summed E-state index contributed by atoms with van der Waals surface area (Å²) in [6.45, 7) is 1.98. The molecule has 0 unspecified atom stereocenters. The first-order valence-corrected chi connectivity index (χ1v) is 9.85. The normalized spacial score (nSPS) is 12.7. The maximum absolute atomic E-state index is 12.7. The molecule has 0 aliphatic heterocycles. The van der Waals surface area contributed by atoms with E-state index in [1.54, 1.807) is 6.08 Å². The van der Waals surface area contributed by atoms with E-state index in [2.05, 4.69) is 10.1 Å². The van der Waals surface area contributed by atoms with Gasteiger partial charge in [-0.15, -0.1) is 5.10 Å². The molecular formula is C23H20F3N3O4. The number of hydrogen-bond donors (Lipinski definition) is 1. The minimum Gasteiger partial charge on any atom is -0.479 e. The first kappa shape index (κ1) is 23.9. The first-order valence-electron chi connectivity index (χ1n) is 9.85. The summed E-state index contributed by atoms with van der Waals surface area (Å²) in [5.74, 6) is -1.70. The lowest BCUT2D eigenvalue weighted by Gasteiger charge is -2.08. The van der Waals surface area contributed by atoms with Crippen LogP contribution in [0.5, 0.6) is 0 Å². The van der Waals surface area contributed by atoms with Crippen molar-refractivity contribution in [3.05, 3.63) is 89.0 Å². The van der Waals surface area contributed by atoms with Crippen LogP contribution in [0, 0.1) is 0 Å². The van der Waals surface area contributed by atoms with E-state index in [0.29, 0.717) is 6.54 Å². The number of ketones is 1. The largest absolute Gasteiger partial charge is 0.479 e. The molecule has 1 atom stereocenters. The zero-order chi connectivity index (χ0) is 24.0. The van der Waals surface area contributed by atoms with Crippen molar-refractivity contribution in [3.8, 4) is 0 Å². The molecule has 1 heterocycles. The average Bonchev–Trinajstić information content (AvgIpc) is 3.26. The Morgan fingerprint density at radius 3 is 2.39 bits per heavy atom. The predicted octanol–water partition coefficient (Wildman–Crippen LogP) is 4.23. The van der Waals surface area contributed by atoms with Crippen molar-refractivity contribution in [1.29, 1.82) is 0 Å². The molecule has 0 radical (unpaired) electrons. The lowest BCUT2D eigenvalue weighted by atomic mass is 10.1. The summed E-state index contributed by atoms with van der Waals surface area (Å²) in [7, 11) is 0. The zero-order valence-corrected chi connectivity index (χ0v) is 17.5. The number of benzene rings is 2. The zero-order valence-electron chi connectivity index (χ0n) is 17.5. The molecule has 0 amide bonds. The Morgan fingerprint density at radius 1 is 1.12 bits per heavy atom. The number of ether oxygens (including phenoxy) is 1. The van der Waals surface area contributed by atoms with Crippen LogP contribution in [0.4, 0.5) is 13.2 Å². The fourth-order valence-corrected chi connectivity index (χ4v) is 2.74. The number of aromatic nitrogens is 3. The molecule has 10 heteroatoms. The Labute approximate surface area is 187 Å². The maximum Gasteiger partial charge on any atom is 0.416 e. The van der Waals surface area contributed by atoms with Crippen molar-refractivity contribution >= 4 is 17.8 Å². The summed E-state index contributed by atoms with van der Waals surface area (Å²) >= 11 is 0. The van der Waals surface area contributed by atoms with Gasteiger partial charge in [-0.1, -0.05) is 48.6 Å². The molecule has 7 nitrogen and oxygen atoms in total. The third-order valence-electron chi connectivity index (χ3n) is 4.64. The van der Waals surface area contributed by atoms with Crippen molar-refractivity contribution < 1.29 is 32.6 Å². The standard InChI is InChI=1S/C23H20F3N3O4/c1-15(22(31)32)33-13-17-6-4-16(5-7-17)3-2-12-29-14-27-21(28-29)20(30)18-8-10-19(11-9-18)23(24,25)26/h2-11,14-15H,12-13H2,1H3,(H,31,32)/b3-2+/t15-/m1/s1. The Morgan fingerprint density at radius 2 is 1.79 bits per heavy atom. The van der Waals surface area contributed by atoms with Crippen LogP contribution in [0.3, 0.4) is 0 Å². The van der Waals surface area contributed by atoms with Crippen molar-refractivity contribution in [2.45, 2.75) is 32.4 Å². The Balaban J connectivity index is 1.55. The molecule has 0 saturated carbocycles. The third kappa shape index (κ3) is 6.59. The van der Waals surface area contributed by atoms with Gasteiger partial charge in [0.05, 0.1) is 18.7 Å². The quantitative estimate of drug-likeness (QED) is 0.482. The number of nitrogens with zero attached hydrogens (tertiary/aromatic N) is 3. The van der Waals surface area contributed by atoms with Crippen molar-refractivity contribution in [2.24, 2.45) is 0 Å². The highest BCUT2D eigenvalue weighted by Crippen LogP contribution is 2.29. The van der Waals surface area contributed by atoms with Gasteiger partial charge < -0.3 is 9.84 Å². The second-order valence-corrected chi connectivity index (χ2v) is 7.13. The van der Waals surface area contributed by atoms with E-state index in [9.17, 15) is 22.8 Å². The number of halogens is 3. The predicted molar refractivity (Wildman–Crippen MR) is 112 cm³/mol. The Bertz CT molecular complexity index is 1140. The minimum absolute atomic E-state index is 0.0677. The van der Waals surface area contributed by atoms with Gasteiger partial charge in [-0.3, -0.25) is 4.79 Å². The first-order chi connectivity index (χ1) is 15.6. The highest BCUT2D eigenvalue weighted by Gasteiger charge is 2.30. The van der Waals surface area contributed by atoms with Crippen LogP contribution in [0.1, 0.15) is 39.8 Å². The van der Waals surface area contributed by atoms with Crippen LogP contribution in [0.25, 0.3) is 6.08 Å². The van der Waals surface area contributed by atoms with Gasteiger partial charge >= 0.3 is 12.1 Å². The van der Waals surface area contributed by atoms with E-state index < -0.39 is 29.6 Å². The van der Waals surface area contributed by atoms with Gasteiger partial charge in [-0.05, 0) is 30.2 Å². The molecule has 2 aromatic carbocycles. The molecule has 33 heavy (non-hydrogen) atoms. The summed E-state index contributed by atoms with van der Waals surface area (Å²) < 4.78 is 44.6. The smallest absolute Gasteiger partial charge is 0.416 e. The summed E-state index contributed by atoms with van der Waals surface area (Å²) in [6, 6.07) is 11.2. The van der Waals surface area contributed by atoms with E-state index >= 15 is 0 Å². The van der Waals surface area contributed by atoms with Gasteiger partial charge in [0.25, 0.3) is 0 Å². The van der Waals surface area contributed by atoms with E-state index in [1.807, 2.05) is 30.3 Å². The monoisotopic (exact) mass is 459 g/mol. The summed E-state index contributed by atoms with van der Waals surface area (Å²) in [6.07, 6.45) is -0.349. The van der Waals surface area contributed by atoms with E-state index in [-0.39, 0.29) is 18.0 Å². The third-order valence-corrected chi connectivity index (χ3v) is 4.64. The second kappa shape index (κ2) is 10.2. The topological polar surface area (TPSA) is 94.3 Å². The van der Waals surface area contributed by atoms with Crippen LogP contribution >= 0.6 is 0 Å². The fraction of sp³-hybridized carbons (Fsp3) is 0.217. The molecule has 1 aromatic heterocycles. The molecular weight excluding hydrogens is 439 g/mol. The fourth-order valence-electron chi connectivity index (χ4n) is 2.74. The van der Waals surface area contributed by atoms with E-state index in [1.165, 1.54) is 17.9 Å². The highest BCUT2D eigenvalue weighted by molar-refractivity contribution is 6.06. The van der Waals surface area contributed by atoms with Crippen LogP contribution in [-0.4, -0.2) is 37.7 Å². The number of rotatable bonds is 9. The van der Waals surface area contributed by atoms with Gasteiger partial charge in [-0.2, -0.15) is 13.2 Å². The second-order valence-electron chi connectivity index (χ2n) is 7.13. The number of alkyl halides is 3. The molecule has 3 rings (SSSR count). The number of carbonyl (C=O) groups excluding carboxylic acids is 1. The number of allylic oxidation sites excluding steroid dienone is 1. The van der Waals surface area contributed by atoms with Gasteiger partial charge in [0.1, 0.15) is 6.33 Å². The summed E-state index contributed by atoms with van der Waals surface area (Å²) in [5, 5.41) is 12.9. The number of hydrogen-bond acceptors (Lipinski definition) is 5. The van der Waals surface area contributed by atoms with Crippen LogP contribution in [0.15, 0.2) is 60.9 Å². The van der Waals surface area contributed by atoms with Crippen molar-refractivity contribution in [2.75, 3.05) is 0 Å². The SMILES string of the molecule is C[C@@H](OCc1ccc(/C=C/Cn2cnc(C(=O)c3ccc(C(F)(F)F)cc3)n2)cc1)C(=O)O. The number of carboxylic acids is 1. The number of aliphatic carboxylic acids is 1. The van der Waals surface area contributed by atoms with Crippen LogP contribution in [0.2, 0.25) is 0 Å². The van der Waals surface area contributed by atoms with Gasteiger partial charge in [0.15, 0.2) is 6.10 Å². The molecule has 0 spiro atoms. The van der Waals surface area contributed by atoms with E-state index in [4.69, 9.17) is 9.84 Å². The average molecular weight is 459 g/mol. The Kier molecular flexibility index (Phi) is 7.39. The number of carbonyl (C=O) groups is 2. The van der Waals surface area contributed by atoms with Crippen molar-refractivity contribution in [3.63, 3.8) is 0 Å². The molecule has 0 aliphatic carbocycles. The maximum atomic E-state index is 12.7. The molecule has 0 saturated heterocycles. The van der Waals surface area contributed by atoms with Crippen LogP contribution < -0.4 is 0 Å². The molecule has 0 fully saturated rings. The Hall–Kier alpha value is -3.79. The van der Waals surface area contributed by atoms with Gasteiger partial charge in [-0.25, -0.2) is 14.5 Å². The highest BCUT2D eigenvalue weighted by atomic mass is 19.4. The molecule has 172 valence electrons. The van der Waals surface area contributed by atoms with Crippen molar-refractivity contribution in [1.82, 2.24) is 14.8 Å². The van der Waals surface area contributed by atoms with Gasteiger partial charge in [0.2, 0.25) is 11.6 Å². The lowest BCUT2D eigenvalue weighted by Crippen LogP contribution is -2.19. The summed E-state index contributed by atoms with van der Waals surface area (Å²) in [4.78, 5) is 27.1. The van der Waals surface area contributed by atoms with E-state index in [0.717, 1.165) is 35.4 Å². The lowest BCUT2D eigenvalue weighted by molar-refractivity contribution is -0.149. The minimum atomic E-state index is -4.47.